The molecule has 3 aromatic rings. The molecule has 0 saturated carbocycles. The number of anilines is 2. The molecule has 8 nitrogen and oxygen atoms in total. The van der Waals surface area contributed by atoms with Gasteiger partial charge in [0.15, 0.2) is 5.82 Å². The highest BCUT2D eigenvalue weighted by atomic mass is 16.2. The monoisotopic (exact) mass is 428 g/mol. The van der Waals surface area contributed by atoms with E-state index in [2.05, 4.69) is 15.6 Å². The molecule has 2 N–H and O–H groups in total. The zero-order valence-electron chi connectivity index (χ0n) is 17.6. The second-order valence-electron chi connectivity index (χ2n) is 8.07. The van der Waals surface area contributed by atoms with Crippen LogP contribution in [0.2, 0.25) is 0 Å². The van der Waals surface area contributed by atoms with Crippen LogP contribution in [0, 0.1) is 0 Å². The van der Waals surface area contributed by atoms with Gasteiger partial charge in [-0.3, -0.25) is 14.6 Å². The number of para-hydroxylation sites is 1. The minimum atomic E-state index is -0.451. The number of nitrogens with one attached hydrogen (secondary N) is 2. The van der Waals surface area contributed by atoms with E-state index in [4.69, 9.17) is 9.97 Å². The van der Waals surface area contributed by atoms with Gasteiger partial charge in [0.25, 0.3) is 0 Å². The molecule has 0 unspecified atom stereocenters. The number of pyridine rings is 1. The summed E-state index contributed by atoms with van der Waals surface area (Å²) in [6.45, 7) is 0.639. The van der Waals surface area contributed by atoms with Gasteiger partial charge >= 0.3 is 0 Å². The zero-order valence-corrected chi connectivity index (χ0v) is 17.6. The maximum Gasteiger partial charge on any atom is 0.245 e. The van der Waals surface area contributed by atoms with Crippen molar-refractivity contribution in [1.82, 2.24) is 25.2 Å². The fourth-order valence-electron chi connectivity index (χ4n) is 4.32. The number of carbonyl (C=O) groups excluding carboxylic acids is 2. The Kier molecular flexibility index (Phi) is 5.49. The first-order valence-electron chi connectivity index (χ1n) is 10.9. The van der Waals surface area contributed by atoms with Gasteiger partial charge in [-0.1, -0.05) is 18.2 Å². The lowest BCUT2D eigenvalue weighted by Gasteiger charge is -2.27. The lowest BCUT2D eigenvalue weighted by molar-refractivity contribution is -0.135. The van der Waals surface area contributed by atoms with E-state index in [1.165, 1.54) is 0 Å². The summed E-state index contributed by atoms with van der Waals surface area (Å²) in [5.41, 5.74) is 2.62. The average molecular weight is 428 g/mol. The van der Waals surface area contributed by atoms with Gasteiger partial charge in [0.2, 0.25) is 11.8 Å². The van der Waals surface area contributed by atoms with E-state index in [0.29, 0.717) is 31.0 Å². The molecule has 8 heteroatoms. The summed E-state index contributed by atoms with van der Waals surface area (Å²) in [6.07, 6.45) is 6.07. The van der Waals surface area contributed by atoms with Crippen molar-refractivity contribution in [3.05, 3.63) is 66.7 Å². The van der Waals surface area contributed by atoms with Crippen molar-refractivity contribution in [2.45, 2.75) is 37.8 Å². The first kappa shape index (κ1) is 20.1. The summed E-state index contributed by atoms with van der Waals surface area (Å²) in [7, 11) is 0. The molecule has 1 aromatic carbocycles. The van der Waals surface area contributed by atoms with Gasteiger partial charge in [-0.25, -0.2) is 9.97 Å². The number of rotatable bonds is 5. The minimum absolute atomic E-state index is 0.0474. The van der Waals surface area contributed by atoms with Gasteiger partial charge < -0.3 is 15.5 Å². The van der Waals surface area contributed by atoms with Gasteiger partial charge in [0.1, 0.15) is 11.9 Å². The Labute approximate surface area is 186 Å². The Morgan fingerprint density at radius 1 is 1.06 bits per heavy atom. The predicted octanol–water partition coefficient (Wildman–Crippen LogP) is 3.22. The van der Waals surface area contributed by atoms with Crippen LogP contribution in [0.25, 0.3) is 11.3 Å². The molecule has 2 atom stereocenters. The van der Waals surface area contributed by atoms with Crippen molar-refractivity contribution in [2.75, 3.05) is 11.9 Å². The zero-order chi connectivity index (χ0) is 21.9. The molecule has 162 valence electrons. The van der Waals surface area contributed by atoms with Crippen LogP contribution in [-0.2, 0) is 9.59 Å². The predicted molar refractivity (Wildman–Crippen MR) is 120 cm³/mol. The average Bonchev–Trinajstić information content (AvgIpc) is 3.49. The van der Waals surface area contributed by atoms with Crippen molar-refractivity contribution in [1.29, 1.82) is 0 Å². The third-order valence-electron chi connectivity index (χ3n) is 5.89. The molecule has 0 bridgehead atoms. The van der Waals surface area contributed by atoms with E-state index in [1.807, 2.05) is 53.4 Å². The van der Waals surface area contributed by atoms with Crippen LogP contribution < -0.4 is 10.6 Å². The Morgan fingerprint density at radius 3 is 2.62 bits per heavy atom. The number of carbonyl (C=O) groups is 2. The van der Waals surface area contributed by atoms with Gasteiger partial charge in [0.05, 0.1) is 11.7 Å². The normalized spacial score (nSPS) is 20.2. The van der Waals surface area contributed by atoms with Crippen LogP contribution >= 0.6 is 0 Å². The third kappa shape index (κ3) is 4.16. The number of hydrogen-bond donors (Lipinski definition) is 2. The smallest absolute Gasteiger partial charge is 0.245 e. The number of hydrogen-bond acceptors (Lipinski definition) is 6. The van der Waals surface area contributed by atoms with Gasteiger partial charge in [-0.05, 0) is 43.5 Å². The SMILES string of the molecule is O=C1CC[C@@H](C(=O)N2CCC[C@@H]2c2nc(Nc3ccccc3)cc(-c3ccncc3)n2)N1. The van der Waals surface area contributed by atoms with E-state index in [1.54, 1.807) is 12.4 Å². The summed E-state index contributed by atoms with van der Waals surface area (Å²) < 4.78 is 0. The highest BCUT2D eigenvalue weighted by Crippen LogP contribution is 2.33. The highest BCUT2D eigenvalue weighted by molar-refractivity contribution is 5.91. The molecule has 2 fully saturated rings. The Hall–Kier alpha value is -3.81. The maximum absolute atomic E-state index is 13.1. The third-order valence-corrected chi connectivity index (χ3v) is 5.89. The lowest BCUT2D eigenvalue weighted by atomic mass is 10.1. The number of benzene rings is 1. The molecular weight excluding hydrogens is 404 g/mol. The van der Waals surface area contributed by atoms with Gasteiger partial charge in [-0.15, -0.1) is 0 Å². The van der Waals surface area contributed by atoms with Crippen molar-refractivity contribution in [2.24, 2.45) is 0 Å². The Morgan fingerprint density at radius 2 is 1.88 bits per heavy atom. The van der Waals surface area contributed by atoms with E-state index in [9.17, 15) is 9.59 Å². The molecule has 32 heavy (non-hydrogen) atoms. The summed E-state index contributed by atoms with van der Waals surface area (Å²) in [5, 5.41) is 6.15. The van der Waals surface area contributed by atoms with Crippen molar-refractivity contribution >= 4 is 23.3 Å². The Balaban J connectivity index is 1.49. The molecule has 2 amide bonds. The number of nitrogens with zero attached hydrogens (tertiary/aromatic N) is 4. The van der Waals surface area contributed by atoms with Crippen LogP contribution in [-0.4, -0.2) is 44.3 Å². The van der Waals surface area contributed by atoms with E-state index in [-0.39, 0.29) is 17.9 Å². The van der Waals surface area contributed by atoms with Crippen LogP contribution in [0.1, 0.15) is 37.5 Å². The van der Waals surface area contributed by atoms with Crippen molar-refractivity contribution in [3.8, 4) is 11.3 Å². The molecule has 2 aromatic heterocycles. The number of likely N-dealkylation sites (tertiary alicyclic amines) is 1. The molecule has 5 rings (SSSR count). The number of amides is 2. The molecule has 2 aliphatic rings. The fourth-order valence-corrected chi connectivity index (χ4v) is 4.32. The van der Waals surface area contributed by atoms with Gasteiger partial charge in [-0.2, -0.15) is 0 Å². The van der Waals surface area contributed by atoms with Crippen LogP contribution in [0.5, 0.6) is 0 Å². The summed E-state index contributed by atoms with van der Waals surface area (Å²) >= 11 is 0. The van der Waals surface area contributed by atoms with Crippen LogP contribution in [0.15, 0.2) is 60.9 Å². The van der Waals surface area contributed by atoms with Crippen LogP contribution in [0.3, 0.4) is 0 Å². The first-order chi connectivity index (χ1) is 15.7. The largest absolute Gasteiger partial charge is 0.344 e. The fraction of sp³-hybridized carbons (Fsp3) is 0.292. The van der Waals surface area contributed by atoms with Gasteiger partial charge in [0, 0.05) is 42.7 Å². The molecule has 0 aliphatic carbocycles. The quantitative estimate of drug-likeness (QED) is 0.647. The van der Waals surface area contributed by atoms with Crippen molar-refractivity contribution in [3.63, 3.8) is 0 Å². The lowest BCUT2D eigenvalue weighted by Crippen LogP contribution is -2.44. The van der Waals surface area contributed by atoms with Crippen LogP contribution in [0.4, 0.5) is 11.5 Å². The van der Waals surface area contributed by atoms with E-state index < -0.39 is 6.04 Å². The topological polar surface area (TPSA) is 100 Å². The molecular formula is C24H24N6O2. The van der Waals surface area contributed by atoms with E-state index in [0.717, 1.165) is 29.8 Å². The minimum Gasteiger partial charge on any atom is -0.344 e. The second-order valence-corrected chi connectivity index (χ2v) is 8.07. The number of aromatic nitrogens is 3. The van der Waals surface area contributed by atoms with E-state index >= 15 is 0 Å². The summed E-state index contributed by atoms with van der Waals surface area (Å²) in [6, 6.07) is 14.9. The first-order valence-corrected chi connectivity index (χ1v) is 10.9. The molecule has 2 saturated heterocycles. The highest BCUT2D eigenvalue weighted by Gasteiger charge is 2.38. The molecule has 2 aliphatic heterocycles. The summed E-state index contributed by atoms with van der Waals surface area (Å²) in [5.74, 6) is 1.16. The Bertz CT molecular complexity index is 1120. The molecule has 4 heterocycles. The summed E-state index contributed by atoms with van der Waals surface area (Å²) in [4.78, 5) is 40.3. The standard InChI is InChI=1S/C24H24N6O2/c31-22-9-8-18(27-22)24(32)30-14-4-7-20(30)23-28-19(16-10-12-25-13-11-16)15-21(29-23)26-17-5-2-1-3-6-17/h1-3,5-6,10-13,15,18,20H,4,7-9,14H2,(H,27,31)(H,26,28,29)/t18-,20+/m0/s1. The van der Waals surface area contributed by atoms with Crippen molar-refractivity contribution < 1.29 is 9.59 Å². The second kappa shape index (κ2) is 8.74. The maximum atomic E-state index is 13.1. The molecule has 0 radical (unpaired) electrons. The molecule has 0 spiro atoms.